The third-order valence-corrected chi connectivity index (χ3v) is 2.58. The van der Waals surface area contributed by atoms with Crippen LogP contribution < -0.4 is 5.32 Å². The molecule has 0 fully saturated rings. The zero-order chi connectivity index (χ0) is 13.5. The quantitative estimate of drug-likeness (QED) is 0.719. The summed E-state index contributed by atoms with van der Waals surface area (Å²) in [6, 6.07) is 0.319. The van der Waals surface area contributed by atoms with Gasteiger partial charge in [-0.1, -0.05) is 26.7 Å². The predicted molar refractivity (Wildman–Crippen MR) is 74.9 cm³/mol. The fourth-order valence-electron chi connectivity index (χ4n) is 1.89. The Morgan fingerprint density at radius 1 is 1.24 bits per heavy atom. The molecule has 17 heavy (non-hydrogen) atoms. The minimum Gasteiger partial charge on any atom is -0.380 e. The summed E-state index contributed by atoms with van der Waals surface area (Å²) in [5, 5.41) is 3.47. The van der Waals surface area contributed by atoms with Crippen molar-refractivity contribution in [3.8, 4) is 11.8 Å². The molecule has 0 aliphatic heterocycles. The SMILES string of the molecule is CCNC(CC#CC(C)(C)C)C(OC)C(C)C. The topological polar surface area (TPSA) is 21.3 Å². The number of nitrogens with one attached hydrogen (secondary N) is 1. The van der Waals surface area contributed by atoms with Crippen LogP contribution in [0, 0.1) is 23.2 Å². The van der Waals surface area contributed by atoms with Crippen LogP contribution in [0.2, 0.25) is 0 Å². The second-order valence-corrected chi connectivity index (χ2v) is 5.86. The maximum absolute atomic E-state index is 5.58. The van der Waals surface area contributed by atoms with Gasteiger partial charge >= 0.3 is 0 Å². The summed E-state index contributed by atoms with van der Waals surface area (Å²) in [6.45, 7) is 13.9. The van der Waals surface area contributed by atoms with Crippen LogP contribution in [0.1, 0.15) is 48.0 Å². The molecule has 0 aromatic heterocycles. The molecule has 2 heteroatoms. The highest BCUT2D eigenvalue weighted by Crippen LogP contribution is 2.14. The van der Waals surface area contributed by atoms with Crippen LogP contribution in [0.4, 0.5) is 0 Å². The molecule has 0 aliphatic carbocycles. The van der Waals surface area contributed by atoms with Crippen molar-refractivity contribution in [2.45, 2.75) is 60.1 Å². The third-order valence-electron chi connectivity index (χ3n) is 2.58. The Balaban J connectivity index is 4.56. The van der Waals surface area contributed by atoms with Gasteiger partial charge in [0.15, 0.2) is 0 Å². The average Bonchev–Trinajstić information content (AvgIpc) is 2.16. The van der Waals surface area contributed by atoms with Gasteiger partial charge in [-0.2, -0.15) is 0 Å². The monoisotopic (exact) mass is 239 g/mol. The molecule has 0 bridgehead atoms. The van der Waals surface area contributed by atoms with Gasteiger partial charge in [0.05, 0.1) is 6.10 Å². The van der Waals surface area contributed by atoms with E-state index in [9.17, 15) is 0 Å². The first kappa shape index (κ1) is 16.5. The standard InChI is InChI=1S/C15H29NO/c1-8-16-13(14(17-7)12(2)3)10-9-11-15(4,5)6/h12-14,16H,8,10H2,1-7H3. The lowest BCUT2D eigenvalue weighted by atomic mass is 9.94. The molecular weight excluding hydrogens is 210 g/mol. The molecular formula is C15H29NO. The first-order chi connectivity index (χ1) is 7.81. The summed E-state index contributed by atoms with van der Waals surface area (Å²) in [7, 11) is 1.78. The zero-order valence-corrected chi connectivity index (χ0v) is 12.6. The summed E-state index contributed by atoms with van der Waals surface area (Å²) in [6.07, 6.45) is 1.08. The molecule has 0 saturated heterocycles. The summed E-state index contributed by atoms with van der Waals surface area (Å²) < 4.78 is 5.58. The lowest BCUT2D eigenvalue weighted by Gasteiger charge is -2.28. The van der Waals surface area contributed by atoms with E-state index in [1.165, 1.54) is 0 Å². The fraction of sp³-hybridized carbons (Fsp3) is 0.867. The Hall–Kier alpha value is -0.520. The highest BCUT2D eigenvalue weighted by Gasteiger charge is 2.22. The van der Waals surface area contributed by atoms with E-state index in [2.05, 4.69) is 58.7 Å². The molecule has 2 unspecified atom stereocenters. The molecule has 2 nitrogen and oxygen atoms in total. The summed E-state index contributed by atoms with van der Waals surface area (Å²) >= 11 is 0. The minimum atomic E-state index is 0.0805. The largest absolute Gasteiger partial charge is 0.380 e. The van der Waals surface area contributed by atoms with Crippen LogP contribution in [0.5, 0.6) is 0 Å². The lowest BCUT2D eigenvalue weighted by Crippen LogP contribution is -2.43. The van der Waals surface area contributed by atoms with Gasteiger partial charge < -0.3 is 10.1 Å². The molecule has 100 valence electrons. The van der Waals surface area contributed by atoms with E-state index in [1.807, 2.05) is 0 Å². The zero-order valence-electron chi connectivity index (χ0n) is 12.6. The third kappa shape index (κ3) is 7.41. The molecule has 0 saturated carbocycles. The van der Waals surface area contributed by atoms with Gasteiger partial charge in [0.2, 0.25) is 0 Å². The molecule has 0 aromatic carbocycles. The van der Waals surface area contributed by atoms with E-state index in [0.29, 0.717) is 12.0 Å². The predicted octanol–water partition coefficient (Wildman–Crippen LogP) is 3.08. The average molecular weight is 239 g/mol. The molecule has 0 aliphatic rings. The Morgan fingerprint density at radius 3 is 2.18 bits per heavy atom. The van der Waals surface area contributed by atoms with Crippen LogP contribution in [0.15, 0.2) is 0 Å². The van der Waals surface area contributed by atoms with Gasteiger partial charge in [-0.05, 0) is 33.2 Å². The molecule has 0 spiro atoms. The van der Waals surface area contributed by atoms with Crippen LogP contribution in [-0.4, -0.2) is 25.8 Å². The highest BCUT2D eigenvalue weighted by atomic mass is 16.5. The number of hydrogen-bond acceptors (Lipinski definition) is 2. The maximum atomic E-state index is 5.58. The minimum absolute atomic E-state index is 0.0805. The molecule has 0 radical (unpaired) electrons. The van der Waals surface area contributed by atoms with Gasteiger partial charge in [0.1, 0.15) is 0 Å². The van der Waals surface area contributed by atoms with E-state index in [-0.39, 0.29) is 11.5 Å². The van der Waals surface area contributed by atoms with Crippen LogP contribution in [0.25, 0.3) is 0 Å². The van der Waals surface area contributed by atoms with Crippen molar-refractivity contribution in [2.75, 3.05) is 13.7 Å². The van der Waals surface area contributed by atoms with E-state index < -0.39 is 0 Å². The van der Waals surface area contributed by atoms with E-state index in [0.717, 1.165) is 13.0 Å². The number of likely N-dealkylation sites (N-methyl/N-ethyl adjacent to an activating group) is 1. The number of ether oxygens (including phenoxy) is 1. The van der Waals surface area contributed by atoms with Crippen molar-refractivity contribution in [1.82, 2.24) is 5.32 Å². The summed E-state index contributed by atoms with van der Waals surface area (Å²) in [4.78, 5) is 0. The van der Waals surface area contributed by atoms with Gasteiger partial charge in [-0.25, -0.2) is 0 Å². The maximum Gasteiger partial charge on any atom is 0.0756 e. The van der Waals surface area contributed by atoms with Crippen molar-refractivity contribution < 1.29 is 4.74 Å². The Morgan fingerprint density at radius 2 is 1.82 bits per heavy atom. The first-order valence-corrected chi connectivity index (χ1v) is 6.58. The second kappa shape index (κ2) is 7.74. The number of rotatable bonds is 6. The smallest absolute Gasteiger partial charge is 0.0756 e. The summed E-state index contributed by atoms with van der Waals surface area (Å²) in [5.41, 5.74) is 0.0805. The summed E-state index contributed by atoms with van der Waals surface area (Å²) in [5.74, 6) is 7.07. The Bertz CT molecular complexity index is 254. The lowest BCUT2D eigenvalue weighted by molar-refractivity contribution is 0.0350. The molecule has 1 N–H and O–H groups in total. The second-order valence-electron chi connectivity index (χ2n) is 5.86. The highest BCUT2D eigenvalue weighted by molar-refractivity contribution is 5.09. The Labute approximate surface area is 108 Å². The van der Waals surface area contributed by atoms with E-state index >= 15 is 0 Å². The van der Waals surface area contributed by atoms with Crippen molar-refractivity contribution >= 4 is 0 Å². The van der Waals surface area contributed by atoms with Crippen molar-refractivity contribution in [3.63, 3.8) is 0 Å². The van der Waals surface area contributed by atoms with Crippen LogP contribution in [-0.2, 0) is 4.74 Å². The number of hydrogen-bond donors (Lipinski definition) is 1. The van der Waals surface area contributed by atoms with Crippen molar-refractivity contribution in [3.05, 3.63) is 0 Å². The van der Waals surface area contributed by atoms with Crippen molar-refractivity contribution in [2.24, 2.45) is 11.3 Å². The Kier molecular flexibility index (Phi) is 7.50. The van der Waals surface area contributed by atoms with Gasteiger partial charge in [-0.15, -0.1) is 5.92 Å². The van der Waals surface area contributed by atoms with Gasteiger partial charge in [0, 0.05) is 25.0 Å². The van der Waals surface area contributed by atoms with Gasteiger partial charge in [-0.3, -0.25) is 0 Å². The van der Waals surface area contributed by atoms with Crippen LogP contribution >= 0.6 is 0 Å². The molecule has 0 aromatic rings. The van der Waals surface area contributed by atoms with Crippen molar-refractivity contribution in [1.29, 1.82) is 0 Å². The molecule has 0 rings (SSSR count). The molecule has 0 heterocycles. The molecule has 0 amide bonds. The van der Waals surface area contributed by atoms with E-state index in [4.69, 9.17) is 4.74 Å². The normalized spacial score (nSPS) is 15.3. The fourth-order valence-corrected chi connectivity index (χ4v) is 1.89. The molecule has 2 atom stereocenters. The van der Waals surface area contributed by atoms with Gasteiger partial charge in [0.25, 0.3) is 0 Å². The first-order valence-electron chi connectivity index (χ1n) is 6.58. The number of methoxy groups -OCH3 is 1. The van der Waals surface area contributed by atoms with Crippen LogP contribution in [0.3, 0.4) is 0 Å². The van der Waals surface area contributed by atoms with E-state index in [1.54, 1.807) is 7.11 Å².